The number of piperidine rings is 1. The topological polar surface area (TPSA) is 72.9 Å². The maximum Gasteiger partial charge on any atom is 0.312 e. The van der Waals surface area contributed by atoms with Crippen LogP contribution in [0.1, 0.15) is 60.0 Å². The SMILES string of the molecule is CC(=O)N1CCC2(CC1)CC(=O)c1ccc3c(c1O2)[C@@H](c1cc(F)c(F)c(F)c1)CC(=O)O3. The van der Waals surface area contributed by atoms with Gasteiger partial charge in [-0.3, -0.25) is 14.4 Å². The first-order chi connectivity index (χ1) is 15.7. The molecule has 0 saturated carbocycles. The van der Waals surface area contributed by atoms with E-state index < -0.39 is 34.9 Å². The highest BCUT2D eigenvalue weighted by atomic mass is 19.2. The number of Topliss-reactive ketones (excluding diaryl/α,β-unsaturated/α-hetero) is 1. The van der Waals surface area contributed by atoms with E-state index in [0.717, 1.165) is 12.1 Å². The van der Waals surface area contributed by atoms with Crippen molar-refractivity contribution in [3.05, 3.63) is 58.4 Å². The maximum atomic E-state index is 14.0. The zero-order chi connectivity index (χ0) is 23.5. The Bertz CT molecular complexity index is 1180. The van der Waals surface area contributed by atoms with Crippen LogP contribution < -0.4 is 9.47 Å². The number of rotatable bonds is 1. The van der Waals surface area contributed by atoms with E-state index in [9.17, 15) is 27.6 Å². The van der Waals surface area contributed by atoms with Crippen LogP contribution in [0, 0.1) is 17.5 Å². The summed E-state index contributed by atoms with van der Waals surface area (Å²) in [5.74, 6) is -5.74. The number of esters is 1. The van der Waals surface area contributed by atoms with Gasteiger partial charge in [-0.2, -0.15) is 0 Å². The lowest BCUT2D eigenvalue weighted by Gasteiger charge is -2.45. The van der Waals surface area contributed by atoms with Crippen molar-refractivity contribution in [3.8, 4) is 11.5 Å². The first kappa shape index (κ1) is 21.5. The number of hydrogen-bond donors (Lipinski definition) is 0. The van der Waals surface area contributed by atoms with Gasteiger partial charge in [-0.05, 0) is 29.8 Å². The molecule has 3 heterocycles. The number of ether oxygens (including phenoxy) is 2. The quantitative estimate of drug-likeness (QED) is 0.368. The Morgan fingerprint density at radius 1 is 1.09 bits per heavy atom. The number of ketones is 1. The number of halogens is 3. The Morgan fingerprint density at radius 3 is 2.39 bits per heavy atom. The summed E-state index contributed by atoms with van der Waals surface area (Å²) in [5, 5.41) is 0. The molecule has 0 radical (unpaired) electrons. The molecule has 1 spiro atoms. The van der Waals surface area contributed by atoms with E-state index >= 15 is 0 Å². The van der Waals surface area contributed by atoms with Crippen molar-refractivity contribution >= 4 is 17.7 Å². The van der Waals surface area contributed by atoms with Crippen molar-refractivity contribution in [1.82, 2.24) is 4.90 Å². The van der Waals surface area contributed by atoms with Gasteiger partial charge in [0.2, 0.25) is 5.91 Å². The Morgan fingerprint density at radius 2 is 1.76 bits per heavy atom. The Kier molecular flexibility index (Phi) is 4.95. The van der Waals surface area contributed by atoms with Gasteiger partial charge in [0.15, 0.2) is 23.2 Å². The number of likely N-dealkylation sites (tertiary alicyclic amines) is 1. The van der Waals surface area contributed by atoms with E-state index in [1.807, 2.05) is 0 Å². The zero-order valence-electron chi connectivity index (χ0n) is 17.8. The maximum absolute atomic E-state index is 14.0. The van der Waals surface area contributed by atoms with E-state index in [-0.39, 0.29) is 41.6 Å². The molecule has 2 aromatic carbocycles. The van der Waals surface area contributed by atoms with E-state index in [2.05, 4.69) is 0 Å². The lowest BCUT2D eigenvalue weighted by Crippen LogP contribution is -2.52. The molecule has 1 fully saturated rings. The molecular formula is C24H20F3NO5. The molecule has 0 bridgehead atoms. The highest BCUT2D eigenvalue weighted by molar-refractivity contribution is 6.01. The minimum Gasteiger partial charge on any atom is -0.485 e. The van der Waals surface area contributed by atoms with Crippen LogP contribution in [0.5, 0.6) is 11.5 Å². The lowest BCUT2D eigenvalue weighted by molar-refractivity contribution is -0.135. The summed E-state index contributed by atoms with van der Waals surface area (Å²) in [6, 6.07) is 4.66. The van der Waals surface area contributed by atoms with Crippen LogP contribution in [0.3, 0.4) is 0 Å². The molecular weight excluding hydrogens is 439 g/mol. The molecule has 0 unspecified atom stereocenters. The normalized spacial score (nSPS) is 21.2. The molecule has 3 aliphatic heterocycles. The van der Waals surface area contributed by atoms with Crippen LogP contribution in [0.2, 0.25) is 0 Å². The van der Waals surface area contributed by atoms with Crippen molar-refractivity contribution in [3.63, 3.8) is 0 Å². The van der Waals surface area contributed by atoms with Crippen LogP contribution in [-0.2, 0) is 9.59 Å². The van der Waals surface area contributed by atoms with Gasteiger partial charge in [0, 0.05) is 44.3 Å². The van der Waals surface area contributed by atoms with Gasteiger partial charge >= 0.3 is 5.97 Å². The predicted octanol–water partition coefficient (Wildman–Crippen LogP) is 3.89. The van der Waals surface area contributed by atoms with Crippen molar-refractivity contribution in [2.24, 2.45) is 0 Å². The van der Waals surface area contributed by atoms with Crippen molar-refractivity contribution < 1.29 is 37.0 Å². The third-order valence-electron chi connectivity index (χ3n) is 6.73. The van der Waals surface area contributed by atoms with Gasteiger partial charge in [0.1, 0.15) is 17.1 Å². The number of nitrogens with zero attached hydrogens (tertiary/aromatic N) is 1. The summed E-state index contributed by atoms with van der Waals surface area (Å²) in [6.45, 7) is 2.34. The second-order valence-electron chi connectivity index (χ2n) is 8.77. The summed E-state index contributed by atoms with van der Waals surface area (Å²) in [4.78, 5) is 38.7. The zero-order valence-corrected chi connectivity index (χ0v) is 17.8. The van der Waals surface area contributed by atoms with E-state index in [1.54, 1.807) is 4.90 Å². The summed E-state index contributed by atoms with van der Waals surface area (Å²) in [6.07, 6.45) is 0.753. The van der Waals surface area contributed by atoms with Gasteiger partial charge in [-0.15, -0.1) is 0 Å². The number of fused-ring (bicyclic) bond motifs is 3. The third-order valence-corrected chi connectivity index (χ3v) is 6.73. The van der Waals surface area contributed by atoms with Crippen LogP contribution in [-0.4, -0.2) is 41.3 Å². The van der Waals surface area contributed by atoms with Crippen LogP contribution >= 0.6 is 0 Å². The molecule has 2 aromatic rings. The average Bonchev–Trinajstić information content (AvgIpc) is 2.76. The van der Waals surface area contributed by atoms with Crippen LogP contribution in [0.25, 0.3) is 0 Å². The Hall–Kier alpha value is -3.36. The molecule has 0 N–H and O–H groups in total. The molecule has 3 aliphatic rings. The number of hydrogen-bond acceptors (Lipinski definition) is 5. The van der Waals surface area contributed by atoms with E-state index in [4.69, 9.17) is 9.47 Å². The first-order valence-corrected chi connectivity index (χ1v) is 10.7. The largest absolute Gasteiger partial charge is 0.485 e. The van der Waals surface area contributed by atoms with Gasteiger partial charge in [-0.25, -0.2) is 13.2 Å². The summed E-state index contributed by atoms with van der Waals surface area (Å²) in [5.41, 5.74) is -0.172. The fourth-order valence-electron chi connectivity index (χ4n) is 4.97. The smallest absolute Gasteiger partial charge is 0.312 e. The molecule has 1 amide bonds. The third kappa shape index (κ3) is 3.55. The van der Waals surface area contributed by atoms with E-state index in [0.29, 0.717) is 37.1 Å². The van der Waals surface area contributed by atoms with Gasteiger partial charge < -0.3 is 14.4 Å². The van der Waals surface area contributed by atoms with Crippen molar-refractivity contribution in [1.29, 1.82) is 0 Å². The molecule has 0 aliphatic carbocycles. The van der Waals surface area contributed by atoms with E-state index in [1.165, 1.54) is 19.1 Å². The van der Waals surface area contributed by atoms with Gasteiger partial charge in [0.05, 0.1) is 18.4 Å². The van der Waals surface area contributed by atoms with Crippen LogP contribution in [0.15, 0.2) is 24.3 Å². The van der Waals surface area contributed by atoms with Crippen molar-refractivity contribution in [2.75, 3.05) is 13.1 Å². The molecule has 0 aromatic heterocycles. The second kappa shape index (κ2) is 7.60. The van der Waals surface area contributed by atoms with Gasteiger partial charge in [0.25, 0.3) is 0 Å². The first-order valence-electron chi connectivity index (χ1n) is 10.7. The highest BCUT2D eigenvalue weighted by Crippen LogP contribution is 2.50. The number of amides is 1. The number of carbonyl (C=O) groups excluding carboxylic acids is 3. The average molecular weight is 459 g/mol. The Labute approximate surface area is 187 Å². The second-order valence-corrected chi connectivity index (χ2v) is 8.77. The predicted molar refractivity (Wildman–Crippen MR) is 109 cm³/mol. The molecule has 1 atom stereocenters. The standard InChI is InChI=1S/C24H20F3NO5/c1-12(29)28-6-4-24(5-7-28)11-18(30)14-2-3-19-21(23(14)33-24)15(10-20(31)32-19)13-8-16(25)22(27)17(26)9-13/h2-3,8-9,15H,4-7,10-11H2,1H3/t15-/m1/s1. The molecule has 9 heteroatoms. The molecule has 5 rings (SSSR count). The minimum absolute atomic E-state index is 0.0415. The molecule has 6 nitrogen and oxygen atoms in total. The van der Waals surface area contributed by atoms with Gasteiger partial charge in [-0.1, -0.05) is 0 Å². The molecule has 1 saturated heterocycles. The minimum atomic E-state index is -1.60. The fraction of sp³-hybridized carbons (Fsp3) is 0.375. The van der Waals surface area contributed by atoms with Crippen LogP contribution in [0.4, 0.5) is 13.2 Å². The van der Waals surface area contributed by atoms with Crippen molar-refractivity contribution in [2.45, 2.75) is 44.1 Å². The number of benzene rings is 2. The molecule has 172 valence electrons. The number of carbonyl (C=O) groups is 3. The lowest BCUT2D eigenvalue weighted by atomic mass is 9.79. The molecule has 33 heavy (non-hydrogen) atoms. The Balaban J connectivity index is 1.61. The summed E-state index contributed by atoms with van der Waals surface area (Å²) >= 11 is 0. The fourth-order valence-corrected chi connectivity index (χ4v) is 4.97. The highest BCUT2D eigenvalue weighted by Gasteiger charge is 2.46. The summed E-state index contributed by atoms with van der Waals surface area (Å²) in [7, 11) is 0. The monoisotopic (exact) mass is 459 g/mol. The summed E-state index contributed by atoms with van der Waals surface area (Å²) < 4.78 is 53.3.